The Morgan fingerprint density at radius 2 is 1.88 bits per heavy atom. The van der Waals surface area contributed by atoms with Crippen molar-refractivity contribution in [2.24, 2.45) is 0 Å². The maximum Gasteiger partial charge on any atom is 0.307 e. The van der Waals surface area contributed by atoms with E-state index in [-0.39, 0.29) is 18.5 Å². The molecule has 7 heteroatoms. The number of rotatable bonds is 4. The first kappa shape index (κ1) is 16.2. The van der Waals surface area contributed by atoms with Crippen molar-refractivity contribution >= 4 is 17.7 Å². The lowest BCUT2D eigenvalue weighted by atomic mass is 10.1. The second-order valence-electron chi connectivity index (χ2n) is 5.96. The van der Waals surface area contributed by atoms with Crippen LogP contribution in [0.3, 0.4) is 0 Å². The normalized spacial score (nSPS) is 15.5. The third kappa shape index (κ3) is 3.80. The average molecular weight is 328 g/mol. The van der Waals surface area contributed by atoms with Gasteiger partial charge in [-0.1, -0.05) is 24.3 Å². The van der Waals surface area contributed by atoms with E-state index in [1.807, 2.05) is 18.2 Å². The molecule has 0 spiro atoms. The number of carboxylic acid groups (broad SMARTS) is 1. The van der Waals surface area contributed by atoms with Gasteiger partial charge in [0.1, 0.15) is 5.82 Å². The fraction of sp³-hybridized carbons (Fsp3) is 0.353. The summed E-state index contributed by atoms with van der Waals surface area (Å²) in [5.74, 6) is 0.0887. The van der Waals surface area contributed by atoms with Crippen LogP contribution in [-0.4, -0.2) is 45.3 Å². The average Bonchev–Trinajstić information content (AvgIpc) is 2.55. The van der Waals surface area contributed by atoms with Gasteiger partial charge in [-0.25, -0.2) is 4.98 Å². The quantitative estimate of drug-likeness (QED) is 0.775. The number of aromatic nitrogens is 2. The molecule has 0 radical (unpaired) electrons. The lowest BCUT2D eigenvalue weighted by Crippen LogP contribution is -2.36. The SMILES string of the molecule is Nc1nc(-c2ccc(CC(=O)O)cc2)cc(N2CCC(O)CC2)n1. The van der Waals surface area contributed by atoms with Crippen LogP contribution in [0, 0.1) is 0 Å². The van der Waals surface area contributed by atoms with Crippen LogP contribution in [0.5, 0.6) is 0 Å². The minimum atomic E-state index is -0.858. The zero-order valence-corrected chi connectivity index (χ0v) is 13.2. The molecule has 0 atom stereocenters. The molecule has 1 aromatic heterocycles. The third-order valence-corrected chi connectivity index (χ3v) is 4.12. The molecule has 2 heterocycles. The second kappa shape index (κ2) is 6.84. The number of nitrogen functional groups attached to an aromatic ring is 1. The molecule has 1 fully saturated rings. The van der Waals surface area contributed by atoms with Crippen LogP contribution in [0.25, 0.3) is 11.3 Å². The Labute approximate surface area is 139 Å². The van der Waals surface area contributed by atoms with E-state index in [0.29, 0.717) is 18.5 Å². The molecule has 1 aliphatic heterocycles. The first-order valence-corrected chi connectivity index (χ1v) is 7.90. The number of carbonyl (C=O) groups is 1. The minimum Gasteiger partial charge on any atom is -0.481 e. The third-order valence-electron chi connectivity index (χ3n) is 4.12. The minimum absolute atomic E-state index is 0.00640. The first-order valence-electron chi connectivity index (χ1n) is 7.90. The highest BCUT2D eigenvalue weighted by molar-refractivity contribution is 5.71. The van der Waals surface area contributed by atoms with Crippen molar-refractivity contribution in [3.8, 4) is 11.3 Å². The fourth-order valence-corrected chi connectivity index (χ4v) is 2.83. The Hall–Kier alpha value is -2.67. The Bertz CT molecular complexity index is 725. The van der Waals surface area contributed by atoms with Gasteiger partial charge in [-0.05, 0) is 18.4 Å². The van der Waals surface area contributed by atoms with E-state index in [0.717, 1.165) is 30.0 Å². The number of hydrogen-bond donors (Lipinski definition) is 3. The summed E-state index contributed by atoms with van der Waals surface area (Å²) in [6.07, 6.45) is 1.17. The van der Waals surface area contributed by atoms with Gasteiger partial charge in [-0.2, -0.15) is 4.98 Å². The van der Waals surface area contributed by atoms with Crippen LogP contribution in [0.15, 0.2) is 30.3 Å². The summed E-state index contributed by atoms with van der Waals surface area (Å²) in [5.41, 5.74) is 8.14. The molecule has 126 valence electrons. The monoisotopic (exact) mass is 328 g/mol. The number of nitrogens with two attached hydrogens (primary N) is 1. The summed E-state index contributed by atoms with van der Waals surface area (Å²) in [6.45, 7) is 1.46. The van der Waals surface area contributed by atoms with Gasteiger partial charge in [0.05, 0.1) is 18.2 Å². The maximum atomic E-state index is 10.8. The van der Waals surface area contributed by atoms with Crippen molar-refractivity contribution in [3.63, 3.8) is 0 Å². The predicted molar refractivity (Wildman–Crippen MR) is 90.7 cm³/mol. The van der Waals surface area contributed by atoms with Gasteiger partial charge in [0, 0.05) is 24.7 Å². The van der Waals surface area contributed by atoms with E-state index in [2.05, 4.69) is 14.9 Å². The molecule has 0 unspecified atom stereocenters. The molecule has 1 aromatic carbocycles. The second-order valence-corrected chi connectivity index (χ2v) is 5.96. The maximum absolute atomic E-state index is 10.8. The van der Waals surface area contributed by atoms with Crippen LogP contribution in [0.1, 0.15) is 18.4 Å². The molecule has 2 aromatic rings. The van der Waals surface area contributed by atoms with Crippen molar-refractivity contribution in [1.82, 2.24) is 9.97 Å². The van der Waals surface area contributed by atoms with E-state index in [9.17, 15) is 9.90 Å². The number of aliphatic carboxylic acids is 1. The van der Waals surface area contributed by atoms with Gasteiger partial charge in [0.15, 0.2) is 0 Å². The Morgan fingerprint density at radius 3 is 2.50 bits per heavy atom. The van der Waals surface area contributed by atoms with Crippen molar-refractivity contribution < 1.29 is 15.0 Å². The summed E-state index contributed by atoms with van der Waals surface area (Å²) in [4.78, 5) is 21.4. The topological polar surface area (TPSA) is 113 Å². The number of benzene rings is 1. The van der Waals surface area contributed by atoms with Crippen LogP contribution in [0.2, 0.25) is 0 Å². The van der Waals surface area contributed by atoms with Gasteiger partial charge < -0.3 is 20.8 Å². The summed E-state index contributed by atoms with van der Waals surface area (Å²) in [5, 5.41) is 18.5. The molecule has 0 aliphatic carbocycles. The number of carboxylic acids is 1. The lowest BCUT2D eigenvalue weighted by molar-refractivity contribution is -0.136. The molecular weight excluding hydrogens is 308 g/mol. The van der Waals surface area contributed by atoms with E-state index >= 15 is 0 Å². The van der Waals surface area contributed by atoms with Crippen molar-refractivity contribution in [2.75, 3.05) is 23.7 Å². The zero-order valence-electron chi connectivity index (χ0n) is 13.2. The summed E-state index contributed by atoms with van der Waals surface area (Å²) in [7, 11) is 0. The van der Waals surface area contributed by atoms with Crippen LogP contribution >= 0.6 is 0 Å². The highest BCUT2D eigenvalue weighted by Crippen LogP contribution is 2.25. The molecule has 1 saturated heterocycles. The summed E-state index contributed by atoms with van der Waals surface area (Å²) >= 11 is 0. The lowest BCUT2D eigenvalue weighted by Gasteiger charge is -2.30. The number of nitrogens with zero attached hydrogens (tertiary/aromatic N) is 3. The number of anilines is 2. The van der Waals surface area contributed by atoms with E-state index in [1.54, 1.807) is 12.1 Å². The standard InChI is InChI=1S/C17H20N4O3/c18-17-19-14(12-3-1-11(2-4-12)9-16(23)24)10-15(20-17)21-7-5-13(22)6-8-21/h1-4,10,13,22H,5-9H2,(H,23,24)(H2,18,19,20). The fourth-order valence-electron chi connectivity index (χ4n) is 2.83. The Kier molecular flexibility index (Phi) is 4.61. The Balaban J connectivity index is 1.84. The molecule has 24 heavy (non-hydrogen) atoms. The molecule has 0 amide bonds. The number of aliphatic hydroxyl groups excluding tert-OH is 1. The van der Waals surface area contributed by atoms with Gasteiger partial charge in [0.2, 0.25) is 5.95 Å². The van der Waals surface area contributed by atoms with Gasteiger partial charge in [0.25, 0.3) is 0 Å². The number of aliphatic hydroxyl groups is 1. The molecule has 4 N–H and O–H groups in total. The van der Waals surface area contributed by atoms with Gasteiger partial charge >= 0.3 is 5.97 Å². The molecule has 1 aliphatic rings. The van der Waals surface area contributed by atoms with Gasteiger partial charge in [-0.3, -0.25) is 4.79 Å². The Morgan fingerprint density at radius 1 is 1.21 bits per heavy atom. The van der Waals surface area contributed by atoms with Gasteiger partial charge in [-0.15, -0.1) is 0 Å². The van der Waals surface area contributed by atoms with E-state index < -0.39 is 5.97 Å². The summed E-state index contributed by atoms with van der Waals surface area (Å²) < 4.78 is 0. The van der Waals surface area contributed by atoms with Crippen LogP contribution in [-0.2, 0) is 11.2 Å². The van der Waals surface area contributed by atoms with Crippen LogP contribution < -0.4 is 10.6 Å². The van der Waals surface area contributed by atoms with Crippen LogP contribution in [0.4, 0.5) is 11.8 Å². The number of piperidine rings is 1. The molecule has 0 saturated carbocycles. The summed E-state index contributed by atoms with van der Waals surface area (Å²) in [6, 6.07) is 9.10. The van der Waals surface area contributed by atoms with E-state index in [1.165, 1.54) is 0 Å². The van der Waals surface area contributed by atoms with Crippen molar-refractivity contribution in [1.29, 1.82) is 0 Å². The van der Waals surface area contributed by atoms with E-state index in [4.69, 9.17) is 10.8 Å². The molecule has 7 nitrogen and oxygen atoms in total. The highest BCUT2D eigenvalue weighted by atomic mass is 16.4. The smallest absolute Gasteiger partial charge is 0.307 e. The molecule has 3 rings (SSSR count). The largest absolute Gasteiger partial charge is 0.481 e. The van der Waals surface area contributed by atoms with Crippen molar-refractivity contribution in [2.45, 2.75) is 25.4 Å². The molecule has 0 bridgehead atoms. The number of hydrogen-bond acceptors (Lipinski definition) is 6. The predicted octanol–water partition coefficient (Wildman–Crippen LogP) is 1.31. The zero-order chi connectivity index (χ0) is 17.1. The van der Waals surface area contributed by atoms with Crippen molar-refractivity contribution in [3.05, 3.63) is 35.9 Å². The first-order chi connectivity index (χ1) is 11.5. The molecular formula is C17H20N4O3. The highest BCUT2D eigenvalue weighted by Gasteiger charge is 2.19.